The van der Waals surface area contributed by atoms with Crippen molar-refractivity contribution in [2.45, 2.75) is 6.04 Å². The minimum atomic E-state index is -0.610. The van der Waals surface area contributed by atoms with Gasteiger partial charge in [-0.15, -0.1) is 0 Å². The van der Waals surface area contributed by atoms with Gasteiger partial charge in [-0.1, -0.05) is 36.4 Å². The van der Waals surface area contributed by atoms with Crippen molar-refractivity contribution >= 4 is 16.6 Å². The molecule has 0 aliphatic carbocycles. The Morgan fingerprint density at radius 2 is 1.60 bits per heavy atom. The summed E-state index contributed by atoms with van der Waals surface area (Å²) < 4.78 is 33.8. The fraction of sp³-hybridized carbons (Fsp3) is 0.111. The SMILES string of the molecule is Cn1c(=O)c2c(-c3ccccc3F)n3c(c2n(C)c1=O)C(c1cccc(F)c1)Nc1ccccc1-3. The standard InChI is InChI=1S/C27H20F2N4O2/c1-31-24-21(26(34)32(2)27(31)35)23(17-10-3-4-11-18(17)29)33-20-13-6-5-12-19(20)30-22(25(24)33)15-8-7-9-16(28)14-15/h3-14,22,30H,1-2H3. The molecule has 1 atom stereocenters. The Kier molecular flexibility index (Phi) is 4.54. The lowest BCUT2D eigenvalue weighted by Gasteiger charge is -2.31. The maximum Gasteiger partial charge on any atom is 0.331 e. The second-order valence-corrected chi connectivity index (χ2v) is 8.63. The molecule has 35 heavy (non-hydrogen) atoms. The van der Waals surface area contributed by atoms with Gasteiger partial charge in [0.05, 0.1) is 39.7 Å². The van der Waals surface area contributed by atoms with Crippen LogP contribution >= 0.6 is 0 Å². The van der Waals surface area contributed by atoms with E-state index in [-0.39, 0.29) is 10.9 Å². The number of hydrogen-bond donors (Lipinski definition) is 1. The molecule has 0 amide bonds. The monoisotopic (exact) mass is 470 g/mol. The van der Waals surface area contributed by atoms with Gasteiger partial charge >= 0.3 is 5.69 Å². The highest BCUT2D eigenvalue weighted by Crippen LogP contribution is 2.45. The van der Waals surface area contributed by atoms with Gasteiger partial charge in [-0.25, -0.2) is 13.6 Å². The molecule has 1 aliphatic heterocycles. The van der Waals surface area contributed by atoms with E-state index in [0.29, 0.717) is 28.2 Å². The molecule has 8 heteroatoms. The topological polar surface area (TPSA) is 61.0 Å². The Bertz CT molecular complexity index is 1780. The fourth-order valence-corrected chi connectivity index (χ4v) is 5.06. The highest BCUT2D eigenvalue weighted by atomic mass is 19.1. The van der Waals surface area contributed by atoms with E-state index >= 15 is 4.39 Å². The summed E-state index contributed by atoms with van der Waals surface area (Å²) in [6.45, 7) is 0. The molecule has 0 radical (unpaired) electrons. The van der Waals surface area contributed by atoms with Crippen molar-refractivity contribution in [1.82, 2.24) is 13.7 Å². The molecule has 0 fully saturated rings. The maximum atomic E-state index is 15.3. The number of halogens is 2. The van der Waals surface area contributed by atoms with Crippen molar-refractivity contribution in [2.75, 3.05) is 5.32 Å². The van der Waals surface area contributed by atoms with E-state index in [1.807, 2.05) is 28.8 Å². The molecular formula is C27H20F2N4O2. The van der Waals surface area contributed by atoms with E-state index < -0.39 is 28.9 Å². The Labute approximate surface area is 198 Å². The molecule has 174 valence electrons. The van der Waals surface area contributed by atoms with Crippen LogP contribution in [-0.2, 0) is 14.1 Å². The van der Waals surface area contributed by atoms with Crippen LogP contribution in [0.15, 0.2) is 82.4 Å². The molecule has 1 aliphatic rings. The lowest BCUT2D eigenvalue weighted by atomic mass is 9.99. The first-order valence-corrected chi connectivity index (χ1v) is 11.1. The number of para-hydroxylation sites is 2. The van der Waals surface area contributed by atoms with Crippen LogP contribution in [-0.4, -0.2) is 13.7 Å². The van der Waals surface area contributed by atoms with Crippen molar-refractivity contribution < 1.29 is 8.78 Å². The third-order valence-corrected chi connectivity index (χ3v) is 6.64. The molecule has 6 rings (SSSR count). The van der Waals surface area contributed by atoms with Gasteiger partial charge in [-0.05, 0) is 42.0 Å². The normalized spacial score (nSPS) is 14.5. The summed E-state index contributed by atoms with van der Waals surface area (Å²) in [7, 11) is 2.99. The van der Waals surface area contributed by atoms with Crippen LogP contribution in [0.5, 0.6) is 0 Å². The summed E-state index contributed by atoms with van der Waals surface area (Å²) in [5.41, 5.74) is 2.49. The predicted octanol–water partition coefficient (Wildman–Crippen LogP) is 4.49. The molecule has 2 aromatic heterocycles. The molecule has 3 aromatic carbocycles. The van der Waals surface area contributed by atoms with Crippen molar-refractivity contribution in [3.05, 3.63) is 117 Å². The quantitative estimate of drug-likeness (QED) is 0.414. The van der Waals surface area contributed by atoms with Crippen LogP contribution in [0.25, 0.3) is 27.8 Å². The molecule has 0 saturated carbocycles. The number of nitrogens with one attached hydrogen (secondary N) is 1. The third kappa shape index (κ3) is 2.92. The lowest BCUT2D eigenvalue weighted by molar-refractivity contribution is 0.623. The molecule has 5 aromatic rings. The van der Waals surface area contributed by atoms with Crippen LogP contribution in [0.4, 0.5) is 14.5 Å². The van der Waals surface area contributed by atoms with Gasteiger partial charge in [0.25, 0.3) is 5.56 Å². The molecule has 6 nitrogen and oxygen atoms in total. The number of fused-ring (bicyclic) bond motifs is 5. The first-order chi connectivity index (χ1) is 16.9. The average Bonchev–Trinajstić information content (AvgIpc) is 3.22. The fourth-order valence-electron chi connectivity index (χ4n) is 5.06. The first-order valence-electron chi connectivity index (χ1n) is 11.1. The van der Waals surface area contributed by atoms with E-state index in [1.54, 1.807) is 37.4 Å². The molecule has 1 unspecified atom stereocenters. The lowest BCUT2D eigenvalue weighted by Crippen LogP contribution is -2.37. The number of aromatic nitrogens is 3. The van der Waals surface area contributed by atoms with Crippen LogP contribution in [0.3, 0.4) is 0 Å². The summed E-state index contributed by atoms with van der Waals surface area (Å²) in [5.74, 6) is -0.909. The van der Waals surface area contributed by atoms with E-state index in [9.17, 15) is 14.0 Å². The van der Waals surface area contributed by atoms with Gasteiger partial charge in [0, 0.05) is 19.7 Å². The Hall–Kier alpha value is -4.46. The van der Waals surface area contributed by atoms with Crippen LogP contribution < -0.4 is 16.6 Å². The van der Waals surface area contributed by atoms with Gasteiger partial charge in [0.2, 0.25) is 0 Å². The smallest absolute Gasteiger partial charge is 0.331 e. The zero-order chi connectivity index (χ0) is 24.4. The number of anilines is 1. The molecule has 0 spiro atoms. The Morgan fingerprint density at radius 1 is 0.857 bits per heavy atom. The number of benzene rings is 3. The van der Waals surface area contributed by atoms with Crippen LogP contribution in [0.2, 0.25) is 0 Å². The van der Waals surface area contributed by atoms with Crippen molar-refractivity contribution in [1.29, 1.82) is 0 Å². The summed E-state index contributed by atoms with van der Waals surface area (Å²) >= 11 is 0. The Morgan fingerprint density at radius 3 is 2.37 bits per heavy atom. The van der Waals surface area contributed by atoms with E-state index in [4.69, 9.17) is 0 Å². The third-order valence-electron chi connectivity index (χ3n) is 6.64. The van der Waals surface area contributed by atoms with Crippen molar-refractivity contribution in [2.24, 2.45) is 14.1 Å². The summed E-state index contributed by atoms with van der Waals surface area (Å²) in [6.07, 6.45) is 0. The number of nitrogens with zero attached hydrogens (tertiary/aromatic N) is 3. The van der Waals surface area contributed by atoms with Gasteiger partial charge in [-0.2, -0.15) is 0 Å². The van der Waals surface area contributed by atoms with Crippen molar-refractivity contribution in [3.8, 4) is 16.9 Å². The molecule has 0 saturated heterocycles. The van der Waals surface area contributed by atoms with E-state index in [1.165, 1.54) is 29.8 Å². The van der Waals surface area contributed by atoms with Gasteiger partial charge in [0.1, 0.15) is 11.6 Å². The number of rotatable bonds is 2. The minimum Gasteiger partial charge on any atom is -0.371 e. The zero-order valence-electron chi connectivity index (χ0n) is 18.9. The second-order valence-electron chi connectivity index (χ2n) is 8.63. The Balaban J connectivity index is 1.89. The van der Waals surface area contributed by atoms with Gasteiger partial charge < -0.3 is 9.88 Å². The first kappa shape index (κ1) is 21.1. The summed E-state index contributed by atoms with van der Waals surface area (Å²) in [4.78, 5) is 26.6. The number of hydrogen-bond acceptors (Lipinski definition) is 3. The van der Waals surface area contributed by atoms with Crippen molar-refractivity contribution in [3.63, 3.8) is 0 Å². The number of aryl methyl sites for hydroxylation is 1. The predicted molar refractivity (Wildman–Crippen MR) is 131 cm³/mol. The second kappa shape index (κ2) is 7.53. The zero-order valence-corrected chi connectivity index (χ0v) is 18.9. The molecule has 0 bridgehead atoms. The average molecular weight is 470 g/mol. The molecule has 1 N–H and O–H groups in total. The van der Waals surface area contributed by atoms with E-state index in [2.05, 4.69) is 5.32 Å². The maximum absolute atomic E-state index is 15.3. The summed E-state index contributed by atoms with van der Waals surface area (Å²) in [5, 5.41) is 3.66. The van der Waals surface area contributed by atoms with Gasteiger partial charge in [-0.3, -0.25) is 13.9 Å². The van der Waals surface area contributed by atoms with Crippen LogP contribution in [0.1, 0.15) is 17.3 Å². The summed E-state index contributed by atoms with van der Waals surface area (Å²) in [6, 6.07) is 19.2. The highest BCUT2D eigenvalue weighted by Gasteiger charge is 2.35. The molecular weight excluding hydrogens is 450 g/mol. The highest BCUT2D eigenvalue weighted by molar-refractivity contribution is 5.99. The molecule has 3 heterocycles. The van der Waals surface area contributed by atoms with Gasteiger partial charge in [0.15, 0.2) is 0 Å². The minimum absolute atomic E-state index is 0.217. The van der Waals surface area contributed by atoms with Crippen LogP contribution in [0, 0.1) is 11.6 Å². The van der Waals surface area contributed by atoms with E-state index in [0.717, 1.165) is 10.3 Å². The largest absolute Gasteiger partial charge is 0.371 e.